The molecule has 2 aromatic heterocycles. The summed E-state index contributed by atoms with van der Waals surface area (Å²) in [5.74, 6) is -0.306. The number of aromatic nitrogens is 2. The van der Waals surface area contributed by atoms with Crippen LogP contribution < -0.4 is 10.9 Å². The molecule has 2 aromatic carbocycles. The van der Waals surface area contributed by atoms with Crippen LogP contribution in [0.1, 0.15) is 5.56 Å². The zero-order valence-electron chi connectivity index (χ0n) is 13.8. The lowest BCUT2D eigenvalue weighted by molar-refractivity contribution is -0.116. The molecule has 0 radical (unpaired) electrons. The highest BCUT2D eigenvalue weighted by molar-refractivity contribution is 7.25. The predicted octanol–water partition coefficient (Wildman–Crippen LogP) is 4.21. The lowest BCUT2D eigenvalue weighted by Crippen LogP contribution is -2.27. The fourth-order valence-corrected chi connectivity index (χ4v) is 4.09. The first-order valence-corrected chi connectivity index (χ1v) is 9.15. The Morgan fingerprint density at radius 1 is 1.23 bits per heavy atom. The number of fused-ring (bicyclic) bond motifs is 3. The minimum Gasteiger partial charge on any atom is -0.324 e. The van der Waals surface area contributed by atoms with Crippen molar-refractivity contribution < 1.29 is 4.79 Å². The Morgan fingerprint density at radius 3 is 2.88 bits per heavy atom. The highest BCUT2D eigenvalue weighted by atomic mass is 35.5. The van der Waals surface area contributed by atoms with E-state index in [0.29, 0.717) is 20.9 Å². The number of thiophene rings is 1. The third-order valence-electron chi connectivity index (χ3n) is 4.21. The highest BCUT2D eigenvalue weighted by Gasteiger charge is 2.13. The van der Waals surface area contributed by atoms with Crippen LogP contribution >= 0.6 is 22.9 Å². The molecule has 0 saturated carbocycles. The number of nitrogens with zero attached hydrogens (tertiary/aromatic N) is 2. The Morgan fingerprint density at radius 2 is 2.04 bits per heavy atom. The van der Waals surface area contributed by atoms with Gasteiger partial charge in [0.15, 0.2) is 0 Å². The molecule has 130 valence electrons. The maximum atomic E-state index is 12.7. The smallest absolute Gasteiger partial charge is 0.271 e. The van der Waals surface area contributed by atoms with Gasteiger partial charge in [-0.05, 0) is 30.7 Å². The molecule has 5 nitrogen and oxygen atoms in total. The van der Waals surface area contributed by atoms with Crippen LogP contribution in [0.5, 0.6) is 0 Å². The molecule has 0 atom stereocenters. The molecular weight excluding hydrogens is 370 g/mol. The maximum Gasteiger partial charge on any atom is 0.271 e. The van der Waals surface area contributed by atoms with Crippen LogP contribution in [0.4, 0.5) is 5.69 Å². The first-order chi connectivity index (χ1) is 12.5. The van der Waals surface area contributed by atoms with Gasteiger partial charge >= 0.3 is 0 Å². The highest BCUT2D eigenvalue weighted by Crippen LogP contribution is 2.29. The van der Waals surface area contributed by atoms with E-state index in [1.54, 1.807) is 18.2 Å². The third kappa shape index (κ3) is 2.87. The topological polar surface area (TPSA) is 64.0 Å². The Kier molecular flexibility index (Phi) is 4.22. The number of rotatable bonds is 3. The van der Waals surface area contributed by atoms with Crippen LogP contribution in [0.3, 0.4) is 0 Å². The zero-order valence-corrected chi connectivity index (χ0v) is 15.4. The lowest BCUT2D eigenvalue weighted by Gasteiger charge is -2.10. The van der Waals surface area contributed by atoms with Crippen molar-refractivity contribution >= 4 is 54.8 Å². The van der Waals surface area contributed by atoms with Crippen molar-refractivity contribution in [3.63, 3.8) is 0 Å². The van der Waals surface area contributed by atoms with E-state index in [2.05, 4.69) is 10.3 Å². The van der Waals surface area contributed by atoms with Gasteiger partial charge in [-0.25, -0.2) is 4.98 Å². The number of anilines is 1. The van der Waals surface area contributed by atoms with Crippen molar-refractivity contribution in [3.8, 4) is 0 Å². The van der Waals surface area contributed by atoms with Crippen LogP contribution in [-0.4, -0.2) is 15.5 Å². The molecule has 1 N–H and O–H groups in total. The molecule has 0 fully saturated rings. The number of carbonyl (C=O) groups excluding carboxylic acids is 1. The summed E-state index contributed by atoms with van der Waals surface area (Å²) in [7, 11) is 0. The third-order valence-corrected chi connectivity index (χ3v) is 5.76. The fourth-order valence-electron chi connectivity index (χ4n) is 2.82. The second kappa shape index (κ2) is 6.55. The predicted molar refractivity (Wildman–Crippen MR) is 106 cm³/mol. The first kappa shape index (κ1) is 16.8. The summed E-state index contributed by atoms with van der Waals surface area (Å²) >= 11 is 7.46. The van der Waals surface area contributed by atoms with Gasteiger partial charge in [0.25, 0.3) is 5.56 Å². The average Bonchev–Trinajstić information content (AvgIpc) is 3.01. The molecule has 0 aliphatic rings. The molecule has 4 rings (SSSR count). The van der Waals surface area contributed by atoms with Gasteiger partial charge in [0.1, 0.15) is 11.2 Å². The molecule has 7 heteroatoms. The van der Waals surface area contributed by atoms with Gasteiger partial charge < -0.3 is 5.32 Å². The van der Waals surface area contributed by atoms with Crippen LogP contribution in [0.15, 0.2) is 53.6 Å². The van der Waals surface area contributed by atoms with Gasteiger partial charge in [0, 0.05) is 20.8 Å². The van der Waals surface area contributed by atoms with Gasteiger partial charge in [-0.2, -0.15) is 0 Å². The molecule has 26 heavy (non-hydrogen) atoms. The Labute approximate surface area is 157 Å². The van der Waals surface area contributed by atoms with E-state index in [4.69, 9.17) is 11.6 Å². The van der Waals surface area contributed by atoms with E-state index in [1.165, 1.54) is 22.2 Å². The van der Waals surface area contributed by atoms with Crippen molar-refractivity contribution in [3.05, 3.63) is 69.7 Å². The molecule has 0 unspecified atom stereocenters. The summed E-state index contributed by atoms with van der Waals surface area (Å²) in [6.07, 6.45) is 1.42. The molecule has 4 aromatic rings. The van der Waals surface area contributed by atoms with Gasteiger partial charge in [0.05, 0.1) is 11.8 Å². The van der Waals surface area contributed by atoms with Gasteiger partial charge in [0.2, 0.25) is 5.91 Å². The molecule has 0 bridgehead atoms. The summed E-state index contributed by atoms with van der Waals surface area (Å²) in [5.41, 5.74) is 1.88. The molecular formula is C19H14ClN3O2S. The quantitative estimate of drug-likeness (QED) is 0.576. The number of nitrogens with one attached hydrogen (secondary N) is 1. The van der Waals surface area contributed by atoms with E-state index in [0.717, 1.165) is 15.6 Å². The van der Waals surface area contributed by atoms with Crippen molar-refractivity contribution in [1.29, 1.82) is 0 Å². The average molecular weight is 384 g/mol. The first-order valence-electron chi connectivity index (χ1n) is 7.96. The fraction of sp³-hybridized carbons (Fsp3) is 0.105. The minimum absolute atomic E-state index is 0.109. The van der Waals surface area contributed by atoms with Crippen LogP contribution in [0.25, 0.3) is 20.3 Å². The number of carbonyl (C=O) groups is 1. The molecule has 0 saturated heterocycles. The van der Waals surface area contributed by atoms with Gasteiger partial charge in [-0.3, -0.25) is 14.2 Å². The van der Waals surface area contributed by atoms with Gasteiger partial charge in [-0.1, -0.05) is 35.9 Å². The van der Waals surface area contributed by atoms with E-state index in [9.17, 15) is 9.59 Å². The van der Waals surface area contributed by atoms with Crippen molar-refractivity contribution in [1.82, 2.24) is 9.55 Å². The Balaban J connectivity index is 1.66. The van der Waals surface area contributed by atoms with Crippen molar-refractivity contribution in [2.75, 3.05) is 5.32 Å². The van der Waals surface area contributed by atoms with E-state index in [1.807, 2.05) is 31.2 Å². The Bertz CT molecular complexity index is 1210. The van der Waals surface area contributed by atoms with Crippen LogP contribution in [0, 0.1) is 6.92 Å². The van der Waals surface area contributed by atoms with E-state index >= 15 is 0 Å². The summed E-state index contributed by atoms with van der Waals surface area (Å²) < 4.78 is 2.89. The van der Waals surface area contributed by atoms with Crippen molar-refractivity contribution in [2.45, 2.75) is 13.5 Å². The number of amides is 1. The zero-order chi connectivity index (χ0) is 18.3. The SMILES string of the molecule is Cc1c(Cl)cccc1NC(=O)Cn1cnc2c(sc3ccccc32)c1=O. The maximum absolute atomic E-state index is 12.7. The molecule has 2 heterocycles. The standard InChI is InChI=1S/C19H14ClN3O2S/c1-11-13(20)6-4-7-14(11)22-16(24)9-23-10-21-17-12-5-2-3-8-15(12)26-18(17)19(23)25/h2-8,10H,9H2,1H3,(H,22,24). The number of hydrogen-bond acceptors (Lipinski definition) is 4. The summed E-state index contributed by atoms with van der Waals surface area (Å²) in [6.45, 7) is 1.72. The molecule has 0 spiro atoms. The second-order valence-electron chi connectivity index (χ2n) is 5.91. The number of halogens is 1. The monoisotopic (exact) mass is 383 g/mol. The van der Waals surface area contributed by atoms with E-state index < -0.39 is 0 Å². The normalized spacial score (nSPS) is 11.2. The lowest BCUT2D eigenvalue weighted by atomic mass is 10.2. The molecule has 0 aliphatic heterocycles. The molecule has 0 aliphatic carbocycles. The van der Waals surface area contributed by atoms with Crippen molar-refractivity contribution in [2.24, 2.45) is 0 Å². The number of hydrogen-bond donors (Lipinski definition) is 1. The minimum atomic E-state index is -0.306. The molecule has 1 amide bonds. The van der Waals surface area contributed by atoms with Crippen LogP contribution in [0.2, 0.25) is 5.02 Å². The number of benzene rings is 2. The van der Waals surface area contributed by atoms with Gasteiger partial charge in [-0.15, -0.1) is 11.3 Å². The second-order valence-corrected chi connectivity index (χ2v) is 7.37. The van der Waals surface area contributed by atoms with E-state index in [-0.39, 0.29) is 18.0 Å². The summed E-state index contributed by atoms with van der Waals surface area (Å²) in [6, 6.07) is 13.0. The summed E-state index contributed by atoms with van der Waals surface area (Å²) in [4.78, 5) is 29.5. The largest absolute Gasteiger partial charge is 0.324 e. The Hall–Kier alpha value is -2.70. The summed E-state index contributed by atoms with van der Waals surface area (Å²) in [5, 5.41) is 4.33. The van der Waals surface area contributed by atoms with Crippen LogP contribution in [-0.2, 0) is 11.3 Å².